The first-order valence-electron chi connectivity index (χ1n) is 9.21. The maximum Gasteiger partial charge on any atom is 0.295 e. The molecular formula is C23H18FNO4S. The van der Waals surface area contributed by atoms with Crippen molar-refractivity contribution in [2.24, 2.45) is 0 Å². The van der Waals surface area contributed by atoms with Crippen LogP contribution in [0.4, 0.5) is 4.39 Å². The third kappa shape index (κ3) is 3.48. The van der Waals surface area contributed by atoms with Crippen molar-refractivity contribution in [3.63, 3.8) is 0 Å². The molecule has 0 saturated carbocycles. The second kappa shape index (κ2) is 8.12. The maximum atomic E-state index is 14.7. The lowest BCUT2D eigenvalue weighted by atomic mass is 9.95. The number of halogens is 1. The van der Waals surface area contributed by atoms with E-state index >= 15 is 0 Å². The molecule has 2 aromatic carbocycles. The summed E-state index contributed by atoms with van der Waals surface area (Å²) in [5, 5.41) is 12.8. The normalized spacial score (nSPS) is 18.1. The second-order valence-corrected chi connectivity index (χ2v) is 7.79. The third-order valence-electron chi connectivity index (χ3n) is 5.01. The molecule has 1 amide bonds. The number of ether oxygens (including phenoxy) is 1. The fourth-order valence-electron chi connectivity index (χ4n) is 3.54. The summed E-state index contributed by atoms with van der Waals surface area (Å²) in [5.74, 6) is -1.94. The van der Waals surface area contributed by atoms with Crippen molar-refractivity contribution in [2.45, 2.75) is 12.6 Å². The van der Waals surface area contributed by atoms with Crippen LogP contribution in [0.5, 0.6) is 5.75 Å². The van der Waals surface area contributed by atoms with Crippen LogP contribution in [0.15, 0.2) is 71.6 Å². The van der Waals surface area contributed by atoms with Crippen LogP contribution >= 0.6 is 11.3 Å². The van der Waals surface area contributed by atoms with E-state index in [4.69, 9.17) is 4.74 Å². The van der Waals surface area contributed by atoms with Crippen molar-refractivity contribution < 1.29 is 23.8 Å². The number of hydrogen-bond donors (Lipinski definition) is 1. The first-order chi connectivity index (χ1) is 14.5. The number of Topliss-reactive ketones (excluding diaryl/α,β-unsaturated/α-hetero) is 1. The standard InChI is InChI=1S/C23H18FNO4S/c1-29-15-10-8-14(9-11-15)21(26)19-20(17-6-2-3-7-18(17)24)25(23(28)22(19)27)13-16-5-4-12-30-16/h2-12,20,26H,13H2,1H3/b21-19+. The van der Waals surface area contributed by atoms with Crippen molar-refractivity contribution in [1.29, 1.82) is 0 Å². The minimum Gasteiger partial charge on any atom is -0.507 e. The fourth-order valence-corrected chi connectivity index (χ4v) is 4.24. The molecule has 152 valence electrons. The Morgan fingerprint density at radius 1 is 1.10 bits per heavy atom. The van der Waals surface area contributed by atoms with E-state index in [1.807, 2.05) is 17.5 Å². The minimum absolute atomic E-state index is 0.133. The molecule has 0 bridgehead atoms. The predicted octanol–water partition coefficient (Wildman–Crippen LogP) is 4.52. The van der Waals surface area contributed by atoms with Gasteiger partial charge in [-0.2, -0.15) is 0 Å². The van der Waals surface area contributed by atoms with Crippen molar-refractivity contribution in [3.05, 3.63) is 93.4 Å². The Morgan fingerprint density at radius 3 is 2.47 bits per heavy atom. The van der Waals surface area contributed by atoms with E-state index < -0.39 is 23.5 Å². The van der Waals surface area contributed by atoms with E-state index in [1.54, 1.807) is 30.3 Å². The molecule has 30 heavy (non-hydrogen) atoms. The van der Waals surface area contributed by atoms with E-state index in [1.165, 1.54) is 41.5 Å². The lowest BCUT2D eigenvalue weighted by molar-refractivity contribution is -0.140. The van der Waals surface area contributed by atoms with E-state index in [0.29, 0.717) is 11.3 Å². The Labute approximate surface area is 176 Å². The molecule has 1 atom stereocenters. The van der Waals surface area contributed by atoms with E-state index in [2.05, 4.69) is 0 Å². The Bertz CT molecular complexity index is 1120. The minimum atomic E-state index is -1.03. The van der Waals surface area contributed by atoms with Gasteiger partial charge < -0.3 is 14.7 Å². The van der Waals surface area contributed by atoms with Crippen LogP contribution < -0.4 is 4.74 Å². The molecule has 0 aliphatic carbocycles. The van der Waals surface area contributed by atoms with Gasteiger partial charge in [0.05, 0.1) is 25.3 Å². The van der Waals surface area contributed by atoms with Gasteiger partial charge in [-0.3, -0.25) is 9.59 Å². The molecule has 4 rings (SSSR count). The Kier molecular flexibility index (Phi) is 5.37. The largest absolute Gasteiger partial charge is 0.507 e. The van der Waals surface area contributed by atoms with Crippen molar-refractivity contribution in [3.8, 4) is 5.75 Å². The number of rotatable bonds is 5. The number of ketones is 1. The predicted molar refractivity (Wildman–Crippen MR) is 112 cm³/mol. The van der Waals surface area contributed by atoms with Gasteiger partial charge in [-0.25, -0.2) is 4.39 Å². The molecule has 1 aromatic heterocycles. The number of likely N-dealkylation sites (tertiary alicyclic amines) is 1. The van der Waals surface area contributed by atoms with Gasteiger partial charge in [-0.1, -0.05) is 24.3 Å². The molecule has 0 radical (unpaired) electrons. The first kappa shape index (κ1) is 19.8. The maximum absolute atomic E-state index is 14.7. The summed E-state index contributed by atoms with van der Waals surface area (Å²) in [6, 6.07) is 15.0. The van der Waals surface area contributed by atoms with Crippen molar-refractivity contribution >= 4 is 28.8 Å². The molecule has 5 nitrogen and oxygen atoms in total. The average molecular weight is 423 g/mol. The van der Waals surface area contributed by atoms with Gasteiger partial charge in [-0.15, -0.1) is 11.3 Å². The zero-order valence-corrected chi connectivity index (χ0v) is 16.9. The van der Waals surface area contributed by atoms with Gasteiger partial charge in [0.2, 0.25) is 0 Å². The van der Waals surface area contributed by atoms with Gasteiger partial charge >= 0.3 is 0 Å². The van der Waals surface area contributed by atoms with Crippen LogP contribution in [-0.2, 0) is 16.1 Å². The summed E-state index contributed by atoms with van der Waals surface area (Å²) in [6.07, 6.45) is 0. The lowest BCUT2D eigenvalue weighted by Gasteiger charge is -2.25. The smallest absolute Gasteiger partial charge is 0.295 e. The number of aliphatic hydroxyl groups excluding tert-OH is 1. The monoisotopic (exact) mass is 423 g/mol. The molecule has 1 N–H and O–H groups in total. The third-order valence-corrected chi connectivity index (χ3v) is 5.87. The molecule has 3 aromatic rings. The zero-order chi connectivity index (χ0) is 21.3. The summed E-state index contributed by atoms with van der Waals surface area (Å²) >= 11 is 1.43. The number of nitrogens with zero attached hydrogens (tertiary/aromatic N) is 1. The summed E-state index contributed by atoms with van der Waals surface area (Å²) < 4.78 is 19.8. The Morgan fingerprint density at radius 2 is 1.83 bits per heavy atom. The zero-order valence-electron chi connectivity index (χ0n) is 16.0. The van der Waals surface area contributed by atoms with E-state index in [-0.39, 0.29) is 23.4 Å². The van der Waals surface area contributed by atoms with Gasteiger partial charge in [0.25, 0.3) is 11.7 Å². The highest BCUT2D eigenvalue weighted by Crippen LogP contribution is 2.41. The quantitative estimate of drug-likeness (QED) is 0.372. The van der Waals surface area contributed by atoms with Crippen LogP contribution in [0.2, 0.25) is 0 Å². The van der Waals surface area contributed by atoms with Gasteiger partial charge in [-0.05, 0) is 41.8 Å². The van der Waals surface area contributed by atoms with Crippen molar-refractivity contribution in [1.82, 2.24) is 4.90 Å². The van der Waals surface area contributed by atoms with Crippen LogP contribution in [-0.4, -0.2) is 28.8 Å². The number of aliphatic hydroxyl groups is 1. The summed E-state index contributed by atoms with van der Waals surface area (Å²) in [7, 11) is 1.52. The second-order valence-electron chi connectivity index (χ2n) is 6.76. The number of amides is 1. The van der Waals surface area contributed by atoms with E-state index in [9.17, 15) is 19.1 Å². The van der Waals surface area contributed by atoms with Crippen LogP contribution in [0.1, 0.15) is 22.0 Å². The number of methoxy groups -OCH3 is 1. The van der Waals surface area contributed by atoms with E-state index in [0.717, 1.165) is 4.88 Å². The summed E-state index contributed by atoms with van der Waals surface area (Å²) in [6.45, 7) is 0.140. The van der Waals surface area contributed by atoms with Gasteiger partial charge in [0.1, 0.15) is 17.3 Å². The highest BCUT2D eigenvalue weighted by Gasteiger charge is 2.47. The molecular weight excluding hydrogens is 405 g/mol. The van der Waals surface area contributed by atoms with Crippen LogP contribution in [0.3, 0.4) is 0 Å². The number of benzene rings is 2. The number of carbonyl (C=O) groups is 2. The van der Waals surface area contributed by atoms with Crippen LogP contribution in [0, 0.1) is 5.82 Å². The molecule has 1 unspecified atom stereocenters. The van der Waals surface area contributed by atoms with Gasteiger partial charge in [0.15, 0.2) is 0 Å². The first-order valence-corrected chi connectivity index (χ1v) is 10.1. The molecule has 1 saturated heterocycles. The molecule has 0 spiro atoms. The molecule has 2 heterocycles. The summed E-state index contributed by atoms with van der Waals surface area (Å²) in [4.78, 5) is 27.9. The Hall–Kier alpha value is -3.45. The highest BCUT2D eigenvalue weighted by atomic mass is 32.1. The fraction of sp³-hybridized carbons (Fsp3) is 0.130. The lowest BCUT2D eigenvalue weighted by Crippen LogP contribution is -2.29. The number of thiophene rings is 1. The van der Waals surface area contributed by atoms with Crippen LogP contribution in [0.25, 0.3) is 5.76 Å². The number of hydrogen-bond acceptors (Lipinski definition) is 5. The molecule has 1 aliphatic rings. The topological polar surface area (TPSA) is 66.8 Å². The SMILES string of the molecule is COc1ccc(/C(O)=C2\C(=O)C(=O)N(Cc3cccs3)C2c2ccccc2F)cc1. The highest BCUT2D eigenvalue weighted by molar-refractivity contribution is 7.09. The number of carbonyl (C=O) groups excluding carboxylic acids is 2. The summed E-state index contributed by atoms with van der Waals surface area (Å²) in [5.41, 5.74) is 0.362. The molecule has 1 aliphatic heterocycles. The molecule has 7 heteroatoms. The average Bonchev–Trinajstić information content (AvgIpc) is 3.36. The van der Waals surface area contributed by atoms with Gasteiger partial charge in [0, 0.05) is 16.0 Å². The molecule has 1 fully saturated rings. The van der Waals surface area contributed by atoms with Crippen molar-refractivity contribution in [2.75, 3.05) is 7.11 Å². The Balaban J connectivity index is 1.87.